The highest BCUT2D eigenvalue weighted by molar-refractivity contribution is 9.10. The van der Waals surface area contributed by atoms with Gasteiger partial charge in [-0.3, -0.25) is 9.36 Å². The summed E-state index contributed by atoms with van der Waals surface area (Å²) in [5.41, 5.74) is 2.62. The van der Waals surface area contributed by atoms with Gasteiger partial charge < -0.3 is 14.2 Å². The molecular weight excluding hydrogens is 611 g/mol. The molecule has 0 aliphatic carbocycles. The first-order chi connectivity index (χ1) is 19.8. The zero-order valence-corrected chi connectivity index (χ0v) is 24.9. The molecule has 2 heterocycles. The molecule has 1 aliphatic heterocycles. The van der Waals surface area contributed by atoms with Gasteiger partial charge in [0.15, 0.2) is 16.3 Å². The maximum Gasteiger partial charge on any atom is 0.338 e. The summed E-state index contributed by atoms with van der Waals surface area (Å²) in [4.78, 5) is 31.8. The summed E-state index contributed by atoms with van der Waals surface area (Å²) in [5, 5.41) is 0. The van der Waals surface area contributed by atoms with Crippen LogP contribution in [0.4, 0.5) is 4.39 Å². The van der Waals surface area contributed by atoms with Crippen LogP contribution >= 0.6 is 27.3 Å². The van der Waals surface area contributed by atoms with Crippen molar-refractivity contribution in [3.05, 3.63) is 125 Å². The second-order valence-corrected chi connectivity index (χ2v) is 11.0. The molecule has 1 aromatic heterocycles. The number of halogens is 2. The average Bonchev–Trinajstić information content (AvgIpc) is 3.26. The number of allylic oxidation sites excluding steroid dienone is 1. The van der Waals surface area contributed by atoms with E-state index in [4.69, 9.17) is 14.2 Å². The molecule has 7 nitrogen and oxygen atoms in total. The maximum atomic E-state index is 13.8. The fourth-order valence-electron chi connectivity index (χ4n) is 4.60. The number of ether oxygens (including phenoxy) is 3. The van der Waals surface area contributed by atoms with Crippen molar-refractivity contribution in [2.45, 2.75) is 26.5 Å². The Bertz CT molecular complexity index is 1810. The van der Waals surface area contributed by atoms with Gasteiger partial charge in [0.2, 0.25) is 0 Å². The average molecular weight is 638 g/mol. The summed E-state index contributed by atoms with van der Waals surface area (Å²) in [6, 6.07) is 18.3. The highest BCUT2D eigenvalue weighted by Crippen LogP contribution is 2.37. The Labute approximate surface area is 248 Å². The molecule has 3 aromatic carbocycles. The molecule has 0 saturated carbocycles. The van der Waals surface area contributed by atoms with Crippen LogP contribution in [0.2, 0.25) is 0 Å². The first-order valence-corrected chi connectivity index (χ1v) is 14.4. The number of thiazole rings is 1. The Kier molecular flexibility index (Phi) is 8.51. The van der Waals surface area contributed by atoms with Gasteiger partial charge in [0.1, 0.15) is 12.4 Å². The van der Waals surface area contributed by atoms with Crippen LogP contribution in [0.15, 0.2) is 92.3 Å². The Morgan fingerprint density at radius 3 is 2.56 bits per heavy atom. The summed E-state index contributed by atoms with van der Waals surface area (Å²) in [7, 11) is 1.55. The number of esters is 1. The molecule has 0 bridgehead atoms. The van der Waals surface area contributed by atoms with Gasteiger partial charge in [0.25, 0.3) is 5.56 Å². The molecule has 0 radical (unpaired) electrons. The van der Waals surface area contributed by atoms with Crippen molar-refractivity contribution < 1.29 is 23.4 Å². The number of benzene rings is 3. The molecule has 41 heavy (non-hydrogen) atoms. The SMILES string of the molecule is CCOC(=O)C1=C(C)N=c2s/c(=C\c3cc(Br)c(OCc4ccccc4)c(OC)c3)c(=O)n2[C@@H]1c1ccc(F)cc1. The minimum Gasteiger partial charge on any atom is -0.493 e. The Morgan fingerprint density at radius 1 is 1.15 bits per heavy atom. The molecule has 4 aromatic rings. The molecule has 0 spiro atoms. The third-order valence-electron chi connectivity index (χ3n) is 6.48. The second kappa shape index (κ2) is 12.2. The van der Waals surface area contributed by atoms with Crippen LogP contribution in [0.25, 0.3) is 6.08 Å². The van der Waals surface area contributed by atoms with Gasteiger partial charge in [-0.25, -0.2) is 14.2 Å². The molecule has 5 rings (SSSR count). The number of fused-ring (bicyclic) bond motifs is 1. The largest absolute Gasteiger partial charge is 0.493 e. The van der Waals surface area contributed by atoms with E-state index in [-0.39, 0.29) is 17.7 Å². The fraction of sp³-hybridized carbons (Fsp3) is 0.194. The number of methoxy groups -OCH3 is 1. The Balaban J connectivity index is 1.58. The minimum atomic E-state index is -0.817. The molecule has 0 N–H and O–H groups in total. The van der Waals surface area contributed by atoms with E-state index in [1.807, 2.05) is 36.4 Å². The molecular formula is C31H26BrFN2O5S. The summed E-state index contributed by atoms with van der Waals surface area (Å²) in [6.07, 6.45) is 1.74. The van der Waals surface area contributed by atoms with Gasteiger partial charge >= 0.3 is 5.97 Å². The predicted octanol–water partition coefficient (Wildman–Crippen LogP) is 5.29. The molecule has 10 heteroatoms. The van der Waals surface area contributed by atoms with Gasteiger partial charge in [-0.1, -0.05) is 53.8 Å². The third-order valence-corrected chi connectivity index (χ3v) is 8.05. The Hall–Kier alpha value is -4.02. The van der Waals surface area contributed by atoms with Crippen molar-refractivity contribution in [2.24, 2.45) is 4.99 Å². The highest BCUT2D eigenvalue weighted by atomic mass is 79.9. The first-order valence-electron chi connectivity index (χ1n) is 12.8. The second-order valence-electron chi connectivity index (χ2n) is 9.16. The van der Waals surface area contributed by atoms with Crippen LogP contribution in [-0.4, -0.2) is 24.3 Å². The van der Waals surface area contributed by atoms with Crippen molar-refractivity contribution in [2.75, 3.05) is 13.7 Å². The monoisotopic (exact) mass is 636 g/mol. The summed E-state index contributed by atoms with van der Waals surface area (Å²) < 4.78 is 33.2. The molecule has 0 saturated heterocycles. The van der Waals surface area contributed by atoms with Gasteiger partial charge in [-0.05, 0) is 76.8 Å². The lowest BCUT2D eigenvalue weighted by molar-refractivity contribution is -0.139. The van der Waals surface area contributed by atoms with E-state index in [1.165, 1.54) is 28.0 Å². The Morgan fingerprint density at radius 2 is 1.88 bits per heavy atom. The zero-order valence-electron chi connectivity index (χ0n) is 22.5. The lowest BCUT2D eigenvalue weighted by Crippen LogP contribution is -2.39. The van der Waals surface area contributed by atoms with E-state index in [0.717, 1.165) is 5.56 Å². The van der Waals surface area contributed by atoms with Gasteiger partial charge in [-0.2, -0.15) is 0 Å². The molecule has 210 valence electrons. The van der Waals surface area contributed by atoms with Crippen molar-refractivity contribution in [3.8, 4) is 11.5 Å². The fourth-order valence-corrected chi connectivity index (χ4v) is 6.22. The van der Waals surface area contributed by atoms with Gasteiger partial charge in [0, 0.05) is 0 Å². The summed E-state index contributed by atoms with van der Waals surface area (Å²) in [5.74, 6) is 0.0484. The normalized spacial score (nSPS) is 14.9. The predicted molar refractivity (Wildman–Crippen MR) is 158 cm³/mol. The molecule has 1 aliphatic rings. The number of carbonyl (C=O) groups is 1. The van der Waals surface area contributed by atoms with Crippen LogP contribution in [0.5, 0.6) is 11.5 Å². The minimum absolute atomic E-state index is 0.165. The van der Waals surface area contributed by atoms with Gasteiger partial charge in [-0.15, -0.1) is 0 Å². The van der Waals surface area contributed by atoms with Crippen LogP contribution in [0.3, 0.4) is 0 Å². The smallest absolute Gasteiger partial charge is 0.338 e. The summed E-state index contributed by atoms with van der Waals surface area (Å²) >= 11 is 4.78. The quantitative estimate of drug-likeness (QED) is 0.246. The van der Waals surface area contributed by atoms with Crippen molar-refractivity contribution in [1.29, 1.82) is 0 Å². The van der Waals surface area contributed by atoms with E-state index in [1.54, 1.807) is 45.2 Å². The van der Waals surface area contributed by atoms with Gasteiger partial charge in [0.05, 0.1) is 40.0 Å². The standard InChI is InChI=1S/C31H26BrFN2O5S/c1-4-39-30(37)26-18(2)34-31-35(27(26)21-10-12-22(33)13-11-21)29(36)25(41-31)16-20-14-23(32)28(24(15-20)38-3)40-17-19-8-6-5-7-9-19/h5-16,27H,4,17H2,1-3H3/b25-16-/t27-/m1/s1. The number of rotatable bonds is 8. The van der Waals surface area contributed by atoms with Crippen molar-refractivity contribution in [3.63, 3.8) is 0 Å². The van der Waals surface area contributed by atoms with E-state index in [0.29, 0.717) is 48.7 Å². The lowest BCUT2D eigenvalue weighted by atomic mass is 9.96. The molecule has 0 unspecified atom stereocenters. The number of carbonyl (C=O) groups excluding carboxylic acids is 1. The molecule has 1 atom stereocenters. The van der Waals surface area contributed by atoms with E-state index >= 15 is 0 Å². The van der Waals surface area contributed by atoms with Crippen LogP contribution in [0.1, 0.15) is 36.6 Å². The number of aromatic nitrogens is 1. The highest BCUT2D eigenvalue weighted by Gasteiger charge is 2.33. The number of nitrogens with zero attached hydrogens (tertiary/aromatic N) is 2. The summed E-state index contributed by atoms with van der Waals surface area (Å²) in [6.45, 7) is 3.94. The third kappa shape index (κ3) is 5.89. The molecule has 0 amide bonds. The maximum absolute atomic E-state index is 13.8. The van der Waals surface area contributed by atoms with Crippen LogP contribution in [-0.2, 0) is 16.1 Å². The van der Waals surface area contributed by atoms with Crippen LogP contribution in [0, 0.1) is 5.82 Å². The molecule has 0 fully saturated rings. The lowest BCUT2D eigenvalue weighted by Gasteiger charge is -2.24. The van der Waals surface area contributed by atoms with Crippen molar-refractivity contribution >= 4 is 39.3 Å². The number of hydrogen-bond donors (Lipinski definition) is 0. The zero-order chi connectivity index (χ0) is 29.1. The number of hydrogen-bond acceptors (Lipinski definition) is 7. The first kappa shape index (κ1) is 28.5. The van der Waals surface area contributed by atoms with Crippen LogP contribution < -0.4 is 24.4 Å². The van der Waals surface area contributed by atoms with Crippen molar-refractivity contribution in [1.82, 2.24) is 4.57 Å². The van der Waals surface area contributed by atoms with E-state index in [9.17, 15) is 14.0 Å². The van der Waals surface area contributed by atoms with E-state index < -0.39 is 17.8 Å². The topological polar surface area (TPSA) is 79.1 Å². The van der Waals surface area contributed by atoms with E-state index in [2.05, 4.69) is 20.9 Å².